The third kappa shape index (κ3) is 6.01. The minimum Gasteiger partial charge on any atom is -0.392 e. The first-order valence-electron chi connectivity index (χ1n) is 14.0. The third-order valence-corrected chi connectivity index (χ3v) is 9.22. The molecule has 0 saturated carbocycles. The minimum absolute atomic E-state index is 0.0166. The van der Waals surface area contributed by atoms with E-state index in [-0.39, 0.29) is 36.2 Å². The van der Waals surface area contributed by atoms with Crippen LogP contribution in [0.3, 0.4) is 0 Å². The lowest BCUT2D eigenvalue weighted by Gasteiger charge is -2.41. The summed E-state index contributed by atoms with van der Waals surface area (Å²) in [6.45, 7) is 2.88. The maximum Gasteiger partial charge on any atom is 0.240 e. The largest absolute Gasteiger partial charge is 0.392 e. The highest BCUT2D eigenvalue weighted by Crippen LogP contribution is 2.42. The molecule has 2 N–H and O–H groups in total. The normalized spacial score (nSPS) is 21.0. The predicted molar refractivity (Wildman–Crippen MR) is 160 cm³/mol. The highest BCUT2D eigenvalue weighted by molar-refractivity contribution is 7.89. The molecular weight excluding hydrogens is 550 g/mol. The number of para-hydroxylation sites is 2. The molecule has 4 aromatic carbocycles. The van der Waals surface area contributed by atoms with Gasteiger partial charge in [0.2, 0.25) is 10.0 Å². The van der Waals surface area contributed by atoms with Crippen LogP contribution >= 0.6 is 0 Å². The number of aliphatic hydroxyl groups excluding tert-OH is 1. The lowest BCUT2D eigenvalue weighted by Crippen LogP contribution is -2.39. The molecule has 1 aliphatic heterocycles. The van der Waals surface area contributed by atoms with Gasteiger partial charge >= 0.3 is 0 Å². The SMILES string of the molecule is C[C@H]1[C@@H](Cn2cnc3ccccc32)OC(c2ccc(CNS(=O)(=O)c3ccccc3)cc2)O[C@H]1c1ccc(CO)cc1. The molecule has 0 aliphatic carbocycles. The fraction of sp³-hybridized carbons (Fsp3) is 0.242. The number of imidazole rings is 1. The first-order valence-corrected chi connectivity index (χ1v) is 15.4. The van der Waals surface area contributed by atoms with E-state index in [2.05, 4.69) is 27.3 Å². The van der Waals surface area contributed by atoms with Gasteiger partial charge in [-0.2, -0.15) is 0 Å². The Balaban J connectivity index is 1.23. The molecule has 1 saturated heterocycles. The number of rotatable bonds is 9. The fourth-order valence-electron chi connectivity index (χ4n) is 5.33. The summed E-state index contributed by atoms with van der Waals surface area (Å²) in [4.78, 5) is 4.78. The maximum absolute atomic E-state index is 12.6. The summed E-state index contributed by atoms with van der Waals surface area (Å²) in [5.41, 5.74) is 5.50. The number of ether oxygens (including phenoxy) is 2. The van der Waals surface area contributed by atoms with Crippen LogP contribution in [0.4, 0.5) is 0 Å². The van der Waals surface area contributed by atoms with Crippen molar-refractivity contribution in [3.63, 3.8) is 0 Å². The molecule has 5 aromatic rings. The molecule has 6 rings (SSSR count). The van der Waals surface area contributed by atoms with E-state index in [0.717, 1.165) is 33.3 Å². The third-order valence-electron chi connectivity index (χ3n) is 7.80. The molecular formula is C33H33N3O5S. The second-order valence-corrected chi connectivity index (χ2v) is 12.4. The van der Waals surface area contributed by atoms with Crippen LogP contribution in [0.15, 0.2) is 114 Å². The molecule has 1 unspecified atom stereocenters. The summed E-state index contributed by atoms with van der Waals surface area (Å²) in [5.74, 6) is 0.0223. The first-order chi connectivity index (χ1) is 20.4. The molecule has 2 heterocycles. The van der Waals surface area contributed by atoms with Crippen LogP contribution in [-0.4, -0.2) is 29.2 Å². The Labute approximate surface area is 245 Å². The van der Waals surface area contributed by atoms with Crippen molar-refractivity contribution >= 4 is 21.1 Å². The van der Waals surface area contributed by atoms with Crippen molar-refractivity contribution in [2.45, 2.75) is 50.0 Å². The quantitative estimate of drug-likeness (QED) is 0.238. The van der Waals surface area contributed by atoms with Crippen molar-refractivity contribution < 1.29 is 23.0 Å². The van der Waals surface area contributed by atoms with Crippen molar-refractivity contribution in [3.8, 4) is 0 Å². The molecule has 0 spiro atoms. The van der Waals surface area contributed by atoms with Crippen molar-refractivity contribution in [1.82, 2.24) is 14.3 Å². The van der Waals surface area contributed by atoms with E-state index in [1.54, 1.807) is 30.3 Å². The van der Waals surface area contributed by atoms with E-state index >= 15 is 0 Å². The molecule has 1 aromatic heterocycles. The molecule has 0 amide bonds. The molecule has 0 radical (unpaired) electrons. The van der Waals surface area contributed by atoms with E-state index in [0.29, 0.717) is 6.54 Å². The van der Waals surface area contributed by atoms with Gasteiger partial charge in [0.15, 0.2) is 6.29 Å². The smallest absolute Gasteiger partial charge is 0.240 e. The Morgan fingerprint density at radius 1 is 0.833 bits per heavy atom. The highest BCUT2D eigenvalue weighted by Gasteiger charge is 2.38. The lowest BCUT2D eigenvalue weighted by atomic mass is 9.90. The van der Waals surface area contributed by atoms with Crippen LogP contribution < -0.4 is 4.72 Å². The van der Waals surface area contributed by atoms with Crippen LogP contribution in [0.1, 0.15) is 41.6 Å². The van der Waals surface area contributed by atoms with Crippen molar-refractivity contribution in [1.29, 1.82) is 0 Å². The lowest BCUT2D eigenvalue weighted by molar-refractivity contribution is -0.276. The molecule has 1 aliphatic rings. The first kappa shape index (κ1) is 28.3. The summed E-state index contributed by atoms with van der Waals surface area (Å²) in [7, 11) is -3.61. The van der Waals surface area contributed by atoms with Crippen molar-refractivity contribution in [2.75, 3.05) is 0 Å². The van der Waals surface area contributed by atoms with Crippen molar-refractivity contribution in [2.24, 2.45) is 5.92 Å². The van der Waals surface area contributed by atoms with E-state index in [1.807, 2.05) is 73.1 Å². The summed E-state index contributed by atoms with van der Waals surface area (Å²) in [5, 5.41) is 9.52. The van der Waals surface area contributed by atoms with Gasteiger partial charge in [0.25, 0.3) is 0 Å². The zero-order valence-corrected chi connectivity index (χ0v) is 24.0. The van der Waals surface area contributed by atoms with Gasteiger partial charge in [0.1, 0.15) is 0 Å². The number of benzene rings is 4. The van der Waals surface area contributed by atoms with Gasteiger partial charge < -0.3 is 19.1 Å². The fourth-order valence-corrected chi connectivity index (χ4v) is 6.37. The predicted octanol–water partition coefficient (Wildman–Crippen LogP) is 5.50. The van der Waals surface area contributed by atoms with Crippen LogP contribution in [0.2, 0.25) is 0 Å². The van der Waals surface area contributed by atoms with Gasteiger partial charge in [-0.3, -0.25) is 0 Å². The Morgan fingerprint density at radius 2 is 1.50 bits per heavy atom. The number of aromatic nitrogens is 2. The zero-order valence-electron chi connectivity index (χ0n) is 23.2. The summed E-state index contributed by atoms with van der Waals surface area (Å²) < 4.78 is 43.2. The zero-order chi connectivity index (χ0) is 29.1. The number of sulfonamides is 1. The second kappa shape index (κ2) is 12.2. The van der Waals surface area contributed by atoms with Crippen LogP contribution in [-0.2, 0) is 39.2 Å². The van der Waals surface area contributed by atoms with E-state index in [4.69, 9.17) is 9.47 Å². The molecule has 0 bridgehead atoms. The molecule has 1 fully saturated rings. The maximum atomic E-state index is 12.6. The average Bonchev–Trinajstić information content (AvgIpc) is 3.44. The summed E-state index contributed by atoms with van der Waals surface area (Å²) >= 11 is 0. The second-order valence-electron chi connectivity index (χ2n) is 10.6. The number of fused-ring (bicyclic) bond motifs is 1. The number of nitrogens with one attached hydrogen (secondary N) is 1. The number of nitrogens with zero attached hydrogens (tertiary/aromatic N) is 2. The Morgan fingerprint density at radius 3 is 2.24 bits per heavy atom. The van der Waals surface area contributed by atoms with Gasteiger partial charge in [-0.15, -0.1) is 0 Å². The van der Waals surface area contributed by atoms with Gasteiger partial charge in [-0.05, 0) is 41.0 Å². The Kier molecular flexibility index (Phi) is 8.19. The standard InChI is InChI=1S/C33H33N3O5S/c1-23-31(20-36-22-34-29-9-5-6-10-30(29)36)40-33(41-32(23)26-15-13-25(21-37)14-16-26)27-17-11-24(12-18-27)19-35-42(38,39)28-7-3-2-4-8-28/h2-18,22-23,31-33,35,37H,19-21H2,1H3/t23-,31+,32+,33?/m0/s1. The number of hydrogen-bond donors (Lipinski definition) is 2. The number of aliphatic hydroxyl groups is 1. The van der Waals surface area contributed by atoms with Crippen LogP contribution in [0, 0.1) is 5.92 Å². The van der Waals surface area contributed by atoms with Crippen LogP contribution in [0.5, 0.6) is 0 Å². The molecule has 42 heavy (non-hydrogen) atoms. The van der Waals surface area contributed by atoms with E-state index < -0.39 is 16.3 Å². The summed E-state index contributed by atoms with van der Waals surface area (Å²) in [6, 6.07) is 31.8. The topological polar surface area (TPSA) is 103 Å². The minimum atomic E-state index is -3.61. The van der Waals surface area contributed by atoms with Crippen LogP contribution in [0.25, 0.3) is 11.0 Å². The summed E-state index contributed by atoms with van der Waals surface area (Å²) in [6.07, 6.45) is 0.801. The Hall–Kier alpha value is -3.86. The van der Waals surface area contributed by atoms with Gasteiger partial charge in [-0.1, -0.05) is 85.8 Å². The highest BCUT2D eigenvalue weighted by atomic mass is 32.2. The Bertz CT molecular complexity index is 1740. The molecule has 9 heteroatoms. The molecule has 4 atom stereocenters. The van der Waals surface area contributed by atoms with Gasteiger partial charge in [0.05, 0.1) is 47.6 Å². The average molecular weight is 584 g/mol. The van der Waals surface area contributed by atoms with E-state index in [1.165, 1.54) is 0 Å². The molecule has 8 nitrogen and oxygen atoms in total. The van der Waals surface area contributed by atoms with Crippen molar-refractivity contribution in [3.05, 3.63) is 132 Å². The number of hydrogen-bond acceptors (Lipinski definition) is 6. The van der Waals surface area contributed by atoms with Gasteiger partial charge in [0, 0.05) is 18.0 Å². The molecule has 216 valence electrons. The van der Waals surface area contributed by atoms with Gasteiger partial charge in [-0.25, -0.2) is 18.1 Å². The monoisotopic (exact) mass is 583 g/mol. The van der Waals surface area contributed by atoms with E-state index in [9.17, 15) is 13.5 Å².